The zero-order chi connectivity index (χ0) is 16.1. The largest absolute Gasteiger partial charge is 0.467 e. The van der Waals surface area contributed by atoms with Gasteiger partial charge in [-0.2, -0.15) is 0 Å². The number of thioether (sulfide) groups is 1. The predicted octanol–water partition coefficient (Wildman–Crippen LogP) is 3.56. The molecule has 0 aliphatic rings. The number of carbonyl (C=O) groups excluding carboxylic acids is 1. The van der Waals surface area contributed by atoms with Crippen molar-refractivity contribution in [3.63, 3.8) is 0 Å². The van der Waals surface area contributed by atoms with Crippen molar-refractivity contribution in [1.29, 1.82) is 0 Å². The van der Waals surface area contributed by atoms with Gasteiger partial charge < -0.3 is 14.3 Å². The molecule has 0 aliphatic heterocycles. The normalized spacial score (nSPS) is 10.7. The van der Waals surface area contributed by atoms with Crippen LogP contribution in [0.25, 0.3) is 0 Å². The second kappa shape index (κ2) is 7.19. The molecule has 23 heavy (non-hydrogen) atoms. The second-order valence-electron chi connectivity index (χ2n) is 5.07. The Bertz CT molecular complexity index is 781. The summed E-state index contributed by atoms with van der Waals surface area (Å²) in [7, 11) is 0. The lowest BCUT2D eigenvalue weighted by Gasteiger charge is -2.08. The maximum absolute atomic E-state index is 12.1. The number of anilines is 1. The van der Waals surface area contributed by atoms with Crippen molar-refractivity contribution in [3.8, 4) is 0 Å². The molecule has 0 aliphatic carbocycles. The Morgan fingerprint density at radius 2 is 2.17 bits per heavy atom. The van der Waals surface area contributed by atoms with Gasteiger partial charge in [-0.25, -0.2) is 4.98 Å². The van der Waals surface area contributed by atoms with Gasteiger partial charge in [-0.15, -0.1) is 0 Å². The fourth-order valence-electron chi connectivity index (χ4n) is 2.16. The molecular weight excluding hydrogens is 310 g/mol. The lowest BCUT2D eigenvalue weighted by Crippen LogP contribution is -2.15. The Balaban J connectivity index is 1.57. The van der Waals surface area contributed by atoms with Crippen molar-refractivity contribution in [3.05, 3.63) is 66.4 Å². The molecule has 0 saturated carbocycles. The Morgan fingerprint density at radius 3 is 2.96 bits per heavy atom. The molecule has 3 aromatic rings. The van der Waals surface area contributed by atoms with Crippen molar-refractivity contribution in [2.24, 2.45) is 0 Å². The maximum Gasteiger partial charge on any atom is 0.234 e. The van der Waals surface area contributed by atoms with E-state index >= 15 is 0 Å². The molecule has 1 aromatic carbocycles. The number of hydrogen-bond acceptors (Lipinski definition) is 4. The zero-order valence-electron chi connectivity index (χ0n) is 12.7. The molecule has 1 amide bonds. The quantitative estimate of drug-likeness (QED) is 0.703. The molecule has 0 atom stereocenters. The number of aromatic nitrogens is 2. The van der Waals surface area contributed by atoms with E-state index in [1.165, 1.54) is 11.8 Å². The van der Waals surface area contributed by atoms with E-state index in [-0.39, 0.29) is 5.91 Å². The number of amides is 1. The molecule has 2 aromatic heterocycles. The van der Waals surface area contributed by atoms with Crippen molar-refractivity contribution in [1.82, 2.24) is 9.55 Å². The molecule has 6 heteroatoms. The van der Waals surface area contributed by atoms with E-state index in [4.69, 9.17) is 4.42 Å². The molecule has 0 saturated heterocycles. The van der Waals surface area contributed by atoms with Crippen LogP contribution in [-0.4, -0.2) is 21.2 Å². The molecular formula is C17H17N3O2S. The van der Waals surface area contributed by atoms with Gasteiger partial charge in [0.25, 0.3) is 0 Å². The van der Waals surface area contributed by atoms with Crippen LogP contribution in [-0.2, 0) is 11.3 Å². The summed E-state index contributed by atoms with van der Waals surface area (Å²) in [4.78, 5) is 16.4. The first-order valence-corrected chi connectivity index (χ1v) is 8.23. The van der Waals surface area contributed by atoms with Crippen LogP contribution in [0.1, 0.15) is 11.3 Å². The fourth-order valence-corrected chi connectivity index (χ4v) is 2.91. The number of rotatable bonds is 6. The molecule has 0 bridgehead atoms. The van der Waals surface area contributed by atoms with Gasteiger partial charge in [-0.05, 0) is 30.7 Å². The van der Waals surface area contributed by atoms with Gasteiger partial charge >= 0.3 is 0 Å². The molecule has 0 fully saturated rings. The summed E-state index contributed by atoms with van der Waals surface area (Å²) in [5.41, 5.74) is 1.89. The predicted molar refractivity (Wildman–Crippen MR) is 90.6 cm³/mol. The van der Waals surface area contributed by atoms with Gasteiger partial charge in [0, 0.05) is 18.1 Å². The summed E-state index contributed by atoms with van der Waals surface area (Å²) in [5.74, 6) is 1.12. The number of benzene rings is 1. The van der Waals surface area contributed by atoms with E-state index in [0.717, 1.165) is 22.2 Å². The number of para-hydroxylation sites is 1. The maximum atomic E-state index is 12.1. The van der Waals surface area contributed by atoms with Crippen LogP contribution in [0.15, 0.2) is 64.6 Å². The Morgan fingerprint density at radius 1 is 1.30 bits per heavy atom. The zero-order valence-corrected chi connectivity index (χ0v) is 13.5. The van der Waals surface area contributed by atoms with Gasteiger partial charge in [0.1, 0.15) is 5.76 Å². The third-order valence-electron chi connectivity index (χ3n) is 3.34. The van der Waals surface area contributed by atoms with Crippen molar-refractivity contribution in [2.45, 2.75) is 18.6 Å². The molecule has 0 spiro atoms. The van der Waals surface area contributed by atoms with E-state index in [0.29, 0.717) is 12.3 Å². The summed E-state index contributed by atoms with van der Waals surface area (Å²) in [6.07, 6.45) is 5.25. The van der Waals surface area contributed by atoms with Gasteiger partial charge in [-0.3, -0.25) is 4.79 Å². The number of aryl methyl sites for hydroxylation is 1. The summed E-state index contributed by atoms with van der Waals surface area (Å²) >= 11 is 1.41. The van der Waals surface area contributed by atoms with Crippen molar-refractivity contribution < 1.29 is 9.21 Å². The summed E-state index contributed by atoms with van der Waals surface area (Å²) in [5, 5.41) is 3.72. The van der Waals surface area contributed by atoms with E-state index in [9.17, 15) is 4.79 Å². The number of hydrogen-bond donors (Lipinski definition) is 1. The smallest absolute Gasteiger partial charge is 0.234 e. The molecule has 5 nitrogen and oxygen atoms in total. The lowest BCUT2D eigenvalue weighted by molar-refractivity contribution is -0.113. The lowest BCUT2D eigenvalue weighted by atomic mass is 10.2. The minimum atomic E-state index is -0.0446. The highest BCUT2D eigenvalue weighted by atomic mass is 32.2. The van der Waals surface area contributed by atoms with Crippen LogP contribution in [0.5, 0.6) is 0 Å². The standard InChI is InChI=1S/C17H17N3O2S/c1-13-5-2-3-7-15(13)19-16(21)12-23-17-18-8-9-20(17)11-14-6-4-10-22-14/h2-10H,11-12H2,1H3,(H,19,21). The van der Waals surface area contributed by atoms with E-state index < -0.39 is 0 Å². The summed E-state index contributed by atoms with van der Waals surface area (Å²) in [6.45, 7) is 2.58. The first-order chi connectivity index (χ1) is 11.2. The molecule has 1 N–H and O–H groups in total. The third-order valence-corrected chi connectivity index (χ3v) is 4.34. The fraction of sp³-hybridized carbons (Fsp3) is 0.176. The monoisotopic (exact) mass is 327 g/mol. The third kappa shape index (κ3) is 4.04. The van der Waals surface area contributed by atoms with Crippen LogP contribution in [0.3, 0.4) is 0 Å². The van der Waals surface area contributed by atoms with Gasteiger partial charge in [-0.1, -0.05) is 30.0 Å². The highest BCUT2D eigenvalue weighted by Crippen LogP contribution is 2.19. The topological polar surface area (TPSA) is 60.1 Å². The van der Waals surface area contributed by atoms with Crippen LogP contribution < -0.4 is 5.32 Å². The van der Waals surface area contributed by atoms with Gasteiger partial charge in [0.15, 0.2) is 5.16 Å². The van der Waals surface area contributed by atoms with E-state index in [2.05, 4.69) is 10.3 Å². The highest BCUT2D eigenvalue weighted by molar-refractivity contribution is 7.99. The van der Waals surface area contributed by atoms with Crippen LogP contribution in [0.4, 0.5) is 5.69 Å². The average molecular weight is 327 g/mol. The summed E-state index contributed by atoms with van der Waals surface area (Å²) < 4.78 is 7.31. The molecule has 2 heterocycles. The van der Waals surface area contributed by atoms with E-state index in [1.54, 1.807) is 12.5 Å². The molecule has 118 valence electrons. The average Bonchev–Trinajstić information content (AvgIpc) is 3.20. The van der Waals surface area contributed by atoms with E-state index in [1.807, 2.05) is 54.1 Å². The van der Waals surface area contributed by atoms with Crippen LogP contribution in [0.2, 0.25) is 0 Å². The summed E-state index contributed by atoms with van der Waals surface area (Å²) in [6, 6.07) is 11.5. The first-order valence-electron chi connectivity index (χ1n) is 7.24. The molecule has 3 rings (SSSR count). The minimum Gasteiger partial charge on any atom is -0.467 e. The molecule has 0 radical (unpaired) electrons. The number of carbonyl (C=O) groups is 1. The van der Waals surface area contributed by atoms with Crippen molar-refractivity contribution in [2.75, 3.05) is 11.1 Å². The SMILES string of the molecule is Cc1ccccc1NC(=O)CSc1nccn1Cc1ccco1. The van der Waals surface area contributed by atoms with Crippen LogP contribution >= 0.6 is 11.8 Å². The first kappa shape index (κ1) is 15.4. The Hall–Kier alpha value is -2.47. The Labute approximate surface area is 138 Å². The highest BCUT2D eigenvalue weighted by Gasteiger charge is 2.10. The number of nitrogens with zero attached hydrogens (tertiary/aromatic N) is 2. The van der Waals surface area contributed by atoms with Crippen molar-refractivity contribution >= 4 is 23.4 Å². The minimum absolute atomic E-state index is 0.0446. The Kier molecular flexibility index (Phi) is 4.83. The van der Waals surface area contributed by atoms with Gasteiger partial charge in [0.05, 0.1) is 18.6 Å². The number of nitrogens with one attached hydrogen (secondary N) is 1. The van der Waals surface area contributed by atoms with Gasteiger partial charge in [0.2, 0.25) is 5.91 Å². The number of imidazole rings is 1. The second-order valence-corrected chi connectivity index (χ2v) is 6.01. The van der Waals surface area contributed by atoms with Crippen LogP contribution in [0, 0.1) is 6.92 Å². The molecule has 0 unspecified atom stereocenters. The number of furan rings is 1.